The van der Waals surface area contributed by atoms with Crippen LogP contribution in [0.2, 0.25) is 0 Å². The fraction of sp³-hybridized carbons (Fsp3) is 0.562. The van der Waals surface area contributed by atoms with E-state index in [0.717, 1.165) is 12.8 Å². The lowest BCUT2D eigenvalue weighted by atomic mass is 10.00. The number of nitro groups is 1. The molecule has 2 fully saturated rings. The number of benzene rings is 1. The molecule has 146 valence electrons. The molecule has 0 aliphatic carbocycles. The first-order valence-corrected chi connectivity index (χ1v) is 10.4. The van der Waals surface area contributed by atoms with Crippen molar-refractivity contribution in [3.63, 3.8) is 0 Å². The summed E-state index contributed by atoms with van der Waals surface area (Å²) in [6, 6.07) is 4.28. The van der Waals surface area contributed by atoms with Crippen molar-refractivity contribution in [1.82, 2.24) is 18.9 Å². The number of nitro benzene ring substituents is 1. The van der Waals surface area contributed by atoms with E-state index >= 15 is 0 Å². The quantitative estimate of drug-likeness (QED) is 0.607. The number of nitrogens with one attached hydrogen (secondary N) is 1. The van der Waals surface area contributed by atoms with Crippen molar-refractivity contribution in [3.8, 4) is 0 Å². The van der Waals surface area contributed by atoms with Crippen LogP contribution >= 0.6 is 0 Å². The van der Waals surface area contributed by atoms with Crippen LogP contribution in [0.3, 0.4) is 0 Å². The van der Waals surface area contributed by atoms with Gasteiger partial charge in [-0.2, -0.15) is 17.0 Å². The van der Waals surface area contributed by atoms with E-state index < -0.39 is 15.1 Å². The van der Waals surface area contributed by atoms with Gasteiger partial charge in [-0.1, -0.05) is 0 Å². The summed E-state index contributed by atoms with van der Waals surface area (Å²) in [5, 5.41) is 14.1. The Morgan fingerprint density at radius 2 is 2.00 bits per heavy atom. The molecule has 0 radical (unpaired) electrons. The summed E-state index contributed by atoms with van der Waals surface area (Å²) < 4.78 is 34.6. The van der Waals surface area contributed by atoms with Gasteiger partial charge in [-0.25, -0.2) is 4.98 Å². The predicted octanol–water partition coefficient (Wildman–Crippen LogP) is 1.07. The van der Waals surface area contributed by atoms with Crippen molar-refractivity contribution in [2.45, 2.75) is 18.8 Å². The zero-order valence-corrected chi connectivity index (χ0v) is 15.5. The summed E-state index contributed by atoms with van der Waals surface area (Å²) in [4.78, 5) is 14.8. The van der Waals surface area contributed by atoms with E-state index in [9.17, 15) is 18.5 Å². The smallest absolute Gasteiger partial charge is 0.282 e. The fourth-order valence-corrected chi connectivity index (χ4v) is 5.31. The second-order valence-electron chi connectivity index (χ2n) is 6.82. The molecule has 2 saturated heterocycles. The Labute approximate surface area is 156 Å². The normalized spacial score (nSPS) is 22.9. The van der Waals surface area contributed by atoms with Crippen LogP contribution in [0.15, 0.2) is 22.6 Å². The zero-order valence-electron chi connectivity index (χ0n) is 14.7. The molecule has 0 saturated carbocycles. The van der Waals surface area contributed by atoms with Crippen molar-refractivity contribution in [1.29, 1.82) is 0 Å². The van der Waals surface area contributed by atoms with Crippen LogP contribution in [0, 0.1) is 10.1 Å². The molecule has 0 spiro atoms. The molecule has 2 aliphatic rings. The number of aromatic nitrogens is 1. The average Bonchev–Trinajstić information content (AvgIpc) is 3.12. The Morgan fingerprint density at radius 1 is 1.22 bits per heavy atom. The van der Waals surface area contributed by atoms with Crippen LogP contribution in [-0.2, 0) is 10.2 Å². The molecule has 3 heterocycles. The van der Waals surface area contributed by atoms with Crippen molar-refractivity contribution in [2.24, 2.45) is 0 Å². The highest BCUT2D eigenvalue weighted by Crippen LogP contribution is 2.31. The lowest BCUT2D eigenvalue weighted by molar-refractivity contribution is -0.384. The van der Waals surface area contributed by atoms with Crippen molar-refractivity contribution in [3.05, 3.63) is 34.2 Å². The maximum absolute atomic E-state index is 12.9. The van der Waals surface area contributed by atoms with Crippen LogP contribution in [0.5, 0.6) is 0 Å². The molecule has 1 aromatic heterocycles. The molecular weight excluding hydrogens is 374 g/mol. The first kappa shape index (κ1) is 18.3. The molecule has 4 rings (SSSR count). The average molecular weight is 395 g/mol. The molecule has 27 heavy (non-hydrogen) atoms. The molecule has 1 N–H and O–H groups in total. The number of nitrogens with zero attached hydrogens (tertiary/aromatic N) is 4. The van der Waals surface area contributed by atoms with Crippen LogP contribution in [0.25, 0.3) is 11.1 Å². The maximum Gasteiger partial charge on any atom is 0.282 e. The third-order valence-corrected chi connectivity index (χ3v) is 7.06. The van der Waals surface area contributed by atoms with E-state index in [1.807, 2.05) is 0 Å². The largest absolute Gasteiger partial charge is 0.440 e. The third kappa shape index (κ3) is 3.55. The van der Waals surface area contributed by atoms with Crippen LogP contribution in [0.1, 0.15) is 24.7 Å². The number of hydrogen-bond acceptors (Lipinski definition) is 7. The van der Waals surface area contributed by atoms with Gasteiger partial charge in [0, 0.05) is 57.3 Å². The van der Waals surface area contributed by atoms with Gasteiger partial charge in [0.25, 0.3) is 15.9 Å². The standard InChI is InChI=1S/C16H21N5O5S/c22-21(23)13-3-4-15-14(10-13)18-16(26-15)12-2-1-7-20(11-12)27(24,25)19-8-5-17-6-9-19/h3-4,10,12,17H,1-2,5-9,11H2/t12-/m1/s1. The maximum atomic E-state index is 12.9. The van der Waals surface area contributed by atoms with E-state index in [1.165, 1.54) is 26.8 Å². The van der Waals surface area contributed by atoms with Gasteiger partial charge in [0.1, 0.15) is 5.52 Å². The van der Waals surface area contributed by atoms with Gasteiger partial charge in [-0.15, -0.1) is 0 Å². The minimum absolute atomic E-state index is 0.0473. The van der Waals surface area contributed by atoms with Gasteiger partial charge < -0.3 is 9.73 Å². The highest BCUT2D eigenvalue weighted by molar-refractivity contribution is 7.86. The van der Waals surface area contributed by atoms with Gasteiger partial charge in [-0.05, 0) is 18.9 Å². The monoisotopic (exact) mass is 395 g/mol. The number of non-ortho nitro benzene ring substituents is 1. The molecule has 10 nitrogen and oxygen atoms in total. The van der Waals surface area contributed by atoms with E-state index in [4.69, 9.17) is 4.42 Å². The molecule has 1 atom stereocenters. The Morgan fingerprint density at radius 3 is 2.74 bits per heavy atom. The van der Waals surface area contributed by atoms with Crippen molar-refractivity contribution in [2.75, 3.05) is 39.3 Å². The summed E-state index contributed by atoms with van der Waals surface area (Å²) in [7, 11) is -3.51. The summed E-state index contributed by atoms with van der Waals surface area (Å²) in [5.74, 6) is 0.272. The fourth-order valence-electron chi connectivity index (χ4n) is 3.61. The number of piperazine rings is 1. The van der Waals surface area contributed by atoms with Gasteiger partial charge >= 0.3 is 0 Å². The molecular formula is C16H21N5O5S. The van der Waals surface area contributed by atoms with Crippen LogP contribution in [-0.4, -0.2) is 66.2 Å². The molecule has 1 aromatic carbocycles. The SMILES string of the molecule is O=[N+]([O-])c1ccc2oc([C@@H]3CCCN(S(=O)(=O)N4CCNCC4)C3)nc2c1. The van der Waals surface area contributed by atoms with E-state index in [1.54, 1.807) is 0 Å². The molecule has 2 aliphatic heterocycles. The Bertz CT molecular complexity index is 953. The van der Waals surface area contributed by atoms with E-state index in [2.05, 4.69) is 10.3 Å². The Kier molecular flexibility index (Phi) is 4.84. The van der Waals surface area contributed by atoms with Gasteiger partial charge in [0.15, 0.2) is 11.5 Å². The Balaban J connectivity index is 1.56. The lowest BCUT2D eigenvalue weighted by Gasteiger charge is -2.36. The van der Waals surface area contributed by atoms with Crippen molar-refractivity contribution < 1.29 is 17.8 Å². The predicted molar refractivity (Wildman–Crippen MR) is 97.6 cm³/mol. The Hall–Kier alpha value is -2.08. The third-order valence-electron chi connectivity index (χ3n) is 5.06. The highest BCUT2D eigenvalue weighted by Gasteiger charge is 2.36. The number of hydrogen-bond donors (Lipinski definition) is 1. The number of rotatable bonds is 4. The van der Waals surface area contributed by atoms with Gasteiger partial charge in [-0.3, -0.25) is 10.1 Å². The summed E-state index contributed by atoms with van der Waals surface area (Å²) >= 11 is 0. The van der Waals surface area contributed by atoms with Crippen molar-refractivity contribution >= 4 is 27.0 Å². The second-order valence-corrected chi connectivity index (χ2v) is 8.74. The molecule has 0 amide bonds. The van der Waals surface area contributed by atoms with Gasteiger partial charge in [0.05, 0.1) is 4.92 Å². The summed E-state index contributed by atoms with van der Waals surface area (Å²) in [5.41, 5.74) is 0.841. The first-order chi connectivity index (χ1) is 12.9. The van der Waals surface area contributed by atoms with Crippen LogP contribution < -0.4 is 5.32 Å². The summed E-state index contributed by atoms with van der Waals surface area (Å²) in [6.45, 7) is 3.03. The number of fused-ring (bicyclic) bond motifs is 1. The second kappa shape index (κ2) is 7.15. The molecule has 11 heteroatoms. The lowest BCUT2D eigenvalue weighted by Crippen LogP contribution is -2.53. The minimum atomic E-state index is -3.51. The molecule has 0 bridgehead atoms. The summed E-state index contributed by atoms with van der Waals surface area (Å²) in [6.07, 6.45) is 1.48. The minimum Gasteiger partial charge on any atom is -0.440 e. The first-order valence-electron chi connectivity index (χ1n) is 8.96. The highest BCUT2D eigenvalue weighted by atomic mass is 32.2. The van der Waals surface area contributed by atoms with Gasteiger partial charge in [0.2, 0.25) is 0 Å². The number of oxazole rings is 1. The van der Waals surface area contributed by atoms with E-state index in [-0.39, 0.29) is 11.6 Å². The number of piperidine rings is 1. The van der Waals surface area contributed by atoms with E-state index in [0.29, 0.717) is 56.3 Å². The van der Waals surface area contributed by atoms with Crippen LogP contribution in [0.4, 0.5) is 5.69 Å². The molecule has 2 aromatic rings. The molecule has 0 unspecified atom stereocenters. The zero-order chi connectivity index (χ0) is 19.0. The topological polar surface area (TPSA) is 122 Å².